The average Bonchev–Trinajstić information content (AvgIpc) is 2.90. The number of methoxy groups -OCH3 is 6. The van der Waals surface area contributed by atoms with E-state index >= 15 is 0 Å². The van der Waals surface area contributed by atoms with Gasteiger partial charge in [0, 0.05) is 36.8 Å². The first-order valence-electron chi connectivity index (χ1n) is 11.0. The fourth-order valence-electron chi connectivity index (χ4n) is 4.20. The minimum atomic E-state index is -0.221. The molecule has 190 valence electrons. The zero-order valence-electron chi connectivity index (χ0n) is 21.2. The van der Waals surface area contributed by atoms with Crippen LogP contribution in [0.2, 0.25) is 0 Å². The fraction of sp³-hybridized carbons (Fsp3) is 0.440. The van der Waals surface area contributed by atoms with E-state index in [9.17, 15) is 9.59 Å². The SMILES string of the molecule is COc1cc(C(=O)N2CCN(C(=O)c3cc(OC)c(OC)c(OC)c3)[C@H](C)C2)cc(OC)c1OC. The lowest BCUT2D eigenvalue weighted by atomic mass is 10.1. The number of carbonyl (C=O) groups excluding carboxylic acids is 2. The van der Waals surface area contributed by atoms with Crippen molar-refractivity contribution in [1.29, 1.82) is 0 Å². The second-order valence-electron chi connectivity index (χ2n) is 7.93. The van der Waals surface area contributed by atoms with E-state index in [1.54, 1.807) is 34.1 Å². The quantitative estimate of drug-likeness (QED) is 0.560. The number of rotatable bonds is 8. The van der Waals surface area contributed by atoms with Gasteiger partial charge in [0.2, 0.25) is 11.5 Å². The van der Waals surface area contributed by atoms with Crippen LogP contribution in [0.4, 0.5) is 0 Å². The molecule has 1 aliphatic rings. The van der Waals surface area contributed by atoms with Gasteiger partial charge in [-0.3, -0.25) is 9.59 Å². The predicted molar refractivity (Wildman–Crippen MR) is 129 cm³/mol. The number of nitrogens with zero attached hydrogens (tertiary/aromatic N) is 2. The Labute approximate surface area is 205 Å². The number of piperazine rings is 1. The Hall–Kier alpha value is -3.82. The van der Waals surface area contributed by atoms with Crippen molar-refractivity contribution in [2.75, 3.05) is 62.3 Å². The van der Waals surface area contributed by atoms with Crippen LogP contribution in [-0.2, 0) is 0 Å². The molecule has 0 aliphatic carbocycles. The van der Waals surface area contributed by atoms with Crippen molar-refractivity contribution in [2.45, 2.75) is 13.0 Å². The Kier molecular flexibility index (Phi) is 8.16. The van der Waals surface area contributed by atoms with Crippen molar-refractivity contribution in [2.24, 2.45) is 0 Å². The standard InChI is InChI=1S/C25H32N2O8/c1-15-14-26(24(28)16-10-18(30-2)22(34-6)19(11-16)31-3)8-9-27(15)25(29)17-12-20(32-4)23(35-7)21(13-17)33-5/h10-13,15H,8-9,14H2,1-7H3/t15-/m1/s1. The fourth-order valence-corrected chi connectivity index (χ4v) is 4.20. The van der Waals surface area contributed by atoms with Crippen LogP contribution < -0.4 is 28.4 Å². The van der Waals surface area contributed by atoms with Crippen LogP contribution in [-0.4, -0.2) is 89.9 Å². The number of hydrogen-bond acceptors (Lipinski definition) is 8. The average molecular weight is 489 g/mol. The molecule has 0 unspecified atom stereocenters. The van der Waals surface area contributed by atoms with Crippen LogP contribution in [0.1, 0.15) is 27.6 Å². The van der Waals surface area contributed by atoms with E-state index in [1.165, 1.54) is 42.7 Å². The monoisotopic (exact) mass is 488 g/mol. The van der Waals surface area contributed by atoms with E-state index in [0.29, 0.717) is 65.3 Å². The number of benzene rings is 2. The third kappa shape index (κ3) is 5.01. The normalized spacial score (nSPS) is 15.3. The van der Waals surface area contributed by atoms with Gasteiger partial charge < -0.3 is 38.2 Å². The Bertz CT molecular complexity index is 1040. The molecule has 2 aromatic carbocycles. The number of amides is 2. The summed E-state index contributed by atoms with van der Waals surface area (Å²) in [6.07, 6.45) is 0. The molecule has 2 amide bonds. The number of ether oxygens (including phenoxy) is 6. The van der Waals surface area contributed by atoms with Crippen molar-refractivity contribution in [1.82, 2.24) is 9.80 Å². The molecule has 1 atom stereocenters. The molecular formula is C25H32N2O8. The van der Waals surface area contributed by atoms with Gasteiger partial charge in [-0.25, -0.2) is 0 Å². The lowest BCUT2D eigenvalue weighted by Crippen LogP contribution is -2.55. The van der Waals surface area contributed by atoms with Gasteiger partial charge in [-0.05, 0) is 31.2 Å². The third-order valence-corrected chi connectivity index (χ3v) is 6.00. The zero-order valence-corrected chi connectivity index (χ0v) is 21.2. The van der Waals surface area contributed by atoms with Crippen LogP contribution in [0.5, 0.6) is 34.5 Å². The lowest BCUT2D eigenvalue weighted by Gasteiger charge is -2.40. The first-order chi connectivity index (χ1) is 16.8. The van der Waals surface area contributed by atoms with Gasteiger partial charge in [-0.15, -0.1) is 0 Å². The Morgan fingerprint density at radius 3 is 1.40 bits per heavy atom. The molecule has 1 fully saturated rings. The van der Waals surface area contributed by atoms with E-state index < -0.39 is 0 Å². The van der Waals surface area contributed by atoms with E-state index in [0.717, 1.165) is 0 Å². The molecule has 0 aromatic heterocycles. The lowest BCUT2D eigenvalue weighted by molar-refractivity contribution is 0.0413. The van der Waals surface area contributed by atoms with Crippen molar-refractivity contribution >= 4 is 11.8 Å². The van der Waals surface area contributed by atoms with Crippen LogP contribution in [0.3, 0.4) is 0 Å². The van der Waals surface area contributed by atoms with Gasteiger partial charge >= 0.3 is 0 Å². The van der Waals surface area contributed by atoms with Crippen molar-refractivity contribution in [3.63, 3.8) is 0 Å². The van der Waals surface area contributed by atoms with Crippen LogP contribution >= 0.6 is 0 Å². The molecule has 0 saturated carbocycles. The van der Waals surface area contributed by atoms with E-state index in [-0.39, 0.29) is 17.9 Å². The first kappa shape index (κ1) is 25.8. The summed E-state index contributed by atoms with van der Waals surface area (Å²) in [6, 6.07) is 6.29. The third-order valence-electron chi connectivity index (χ3n) is 6.00. The largest absolute Gasteiger partial charge is 0.493 e. The molecule has 1 heterocycles. The Morgan fingerprint density at radius 2 is 1.06 bits per heavy atom. The van der Waals surface area contributed by atoms with Crippen molar-refractivity contribution in [3.8, 4) is 34.5 Å². The molecule has 2 aromatic rings. The number of hydrogen-bond donors (Lipinski definition) is 0. The minimum absolute atomic E-state index is 0.184. The summed E-state index contributed by atoms with van der Waals surface area (Å²) in [6.45, 7) is 3.01. The highest BCUT2D eigenvalue weighted by atomic mass is 16.5. The highest BCUT2D eigenvalue weighted by Gasteiger charge is 2.32. The highest BCUT2D eigenvalue weighted by Crippen LogP contribution is 2.40. The maximum atomic E-state index is 13.4. The number of carbonyl (C=O) groups is 2. The van der Waals surface area contributed by atoms with Gasteiger partial charge in [0.1, 0.15) is 0 Å². The molecule has 10 heteroatoms. The summed E-state index contributed by atoms with van der Waals surface area (Å²) in [4.78, 5) is 30.1. The summed E-state index contributed by atoms with van der Waals surface area (Å²) in [5, 5.41) is 0. The van der Waals surface area contributed by atoms with Gasteiger partial charge in [0.15, 0.2) is 23.0 Å². The van der Waals surface area contributed by atoms with Crippen LogP contribution in [0.15, 0.2) is 24.3 Å². The van der Waals surface area contributed by atoms with Gasteiger partial charge in [-0.2, -0.15) is 0 Å². The molecule has 10 nitrogen and oxygen atoms in total. The molecule has 0 spiro atoms. The summed E-state index contributed by atoms with van der Waals surface area (Å²) in [5.74, 6) is 2.07. The molecule has 1 saturated heterocycles. The van der Waals surface area contributed by atoms with Gasteiger partial charge in [-0.1, -0.05) is 0 Å². The maximum Gasteiger partial charge on any atom is 0.254 e. The van der Waals surface area contributed by atoms with E-state index in [4.69, 9.17) is 28.4 Å². The zero-order chi connectivity index (χ0) is 25.7. The topological polar surface area (TPSA) is 96.0 Å². The molecule has 0 bridgehead atoms. The maximum absolute atomic E-state index is 13.4. The van der Waals surface area contributed by atoms with Crippen molar-refractivity contribution < 1.29 is 38.0 Å². The molecule has 0 N–H and O–H groups in total. The molecule has 3 rings (SSSR count). The molecule has 1 aliphatic heterocycles. The molecule has 35 heavy (non-hydrogen) atoms. The Balaban J connectivity index is 1.80. The summed E-state index contributed by atoms with van der Waals surface area (Å²) in [5.41, 5.74) is 0.826. The van der Waals surface area contributed by atoms with Gasteiger partial charge in [0.05, 0.1) is 42.7 Å². The summed E-state index contributed by atoms with van der Waals surface area (Å²) < 4.78 is 32.2. The molecular weight excluding hydrogens is 456 g/mol. The van der Waals surface area contributed by atoms with Crippen molar-refractivity contribution in [3.05, 3.63) is 35.4 Å². The van der Waals surface area contributed by atoms with Crippen LogP contribution in [0, 0.1) is 0 Å². The Morgan fingerprint density at radius 1 is 0.657 bits per heavy atom. The summed E-state index contributed by atoms with van der Waals surface area (Å²) in [7, 11) is 9.02. The predicted octanol–water partition coefficient (Wildman–Crippen LogP) is 2.72. The summed E-state index contributed by atoms with van der Waals surface area (Å²) >= 11 is 0. The highest BCUT2D eigenvalue weighted by molar-refractivity contribution is 5.97. The van der Waals surface area contributed by atoms with Crippen LogP contribution in [0.25, 0.3) is 0 Å². The minimum Gasteiger partial charge on any atom is -0.493 e. The second-order valence-corrected chi connectivity index (χ2v) is 7.93. The second kappa shape index (κ2) is 11.1. The smallest absolute Gasteiger partial charge is 0.254 e. The first-order valence-corrected chi connectivity index (χ1v) is 11.0. The van der Waals surface area contributed by atoms with E-state index in [1.807, 2.05) is 6.92 Å². The van der Waals surface area contributed by atoms with Gasteiger partial charge in [0.25, 0.3) is 11.8 Å². The molecule has 0 radical (unpaired) electrons. The van der Waals surface area contributed by atoms with E-state index in [2.05, 4.69) is 0 Å².